The van der Waals surface area contributed by atoms with E-state index in [2.05, 4.69) is 5.32 Å². The third-order valence-corrected chi connectivity index (χ3v) is 6.42. The van der Waals surface area contributed by atoms with E-state index in [0.29, 0.717) is 43.9 Å². The zero-order valence-corrected chi connectivity index (χ0v) is 22.8. The first-order valence-electron chi connectivity index (χ1n) is 13.3. The zero-order valence-electron chi connectivity index (χ0n) is 22.8. The van der Waals surface area contributed by atoms with Gasteiger partial charge in [-0.1, -0.05) is 30.3 Å². The van der Waals surface area contributed by atoms with Gasteiger partial charge in [-0.05, 0) is 51.3 Å². The lowest BCUT2D eigenvalue weighted by Crippen LogP contribution is -2.47. The summed E-state index contributed by atoms with van der Waals surface area (Å²) >= 11 is 0. The van der Waals surface area contributed by atoms with Crippen molar-refractivity contribution in [2.24, 2.45) is 5.92 Å². The van der Waals surface area contributed by atoms with Crippen molar-refractivity contribution in [2.75, 3.05) is 26.4 Å². The summed E-state index contributed by atoms with van der Waals surface area (Å²) in [6, 6.07) is 12.7. The number of carbonyl (C=O) groups excluding carboxylic acids is 3. The molecule has 1 N–H and O–H groups in total. The quantitative estimate of drug-likeness (QED) is 0.560. The van der Waals surface area contributed by atoms with Gasteiger partial charge in [-0.3, -0.25) is 9.78 Å². The molecule has 2 aromatic rings. The molecule has 0 aliphatic carbocycles. The minimum absolute atomic E-state index is 0.0413. The van der Waals surface area contributed by atoms with Gasteiger partial charge in [-0.25, -0.2) is 9.59 Å². The minimum atomic E-state index is -0.626. The van der Waals surface area contributed by atoms with Crippen LogP contribution in [0.2, 0.25) is 0 Å². The van der Waals surface area contributed by atoms with Gasteiger partial charge < -0.3 is 29.2 Å². The molecule has 210 valence electrons. The number of amides is 2. The molecule has 3 heterocycles. The highest BCUT2D eigenvalue weighted by molar-refractivity contribution is 5.80. The molecule has 0 saturated carbocycles. The highest BCUT2D eigenvalue weighted by Gasteiger charge is 2.34. The molecule has 2 amide bonds. The standard InChI is InChI=1S/C29H37N3O7/c1-29(2,3)39-27(34)31-25-19-36-17-21(25)14-32(28(35)38-16-20-8-5-4-6-9-20)15-22-12-13-26-24(30-22)11-7-10-23(33)18-37-26/h4-6,8-9,12-13,21,25H,7,10-11,14-19H2,1-3H3,(H,31,34)/t21-,25-/m0/s1. The maximum Gasteiger partial charge on any atom is 0.410 e. The number of nitrogens with zero attached hydrogens (tertiary/aromatic N) is 2. The second-order valence-electron chi connectivity index (χ2n) is 10.9. The van der Waals surface area contributed by atoms with Crippen molar-refractivity contribution in [1.82, 2.24) is 15.2 Å². The van der Waals surface area contributed by atoms with Crippen molar-refractivity contribution >= 4 is 18.0 Å². The van der Waals surface area contributed by atoms with Crippen molar-refractivity contribution in [3.63, 3.8) is 0 Å². The summed E-state index contributed by atoms with van der Waals surface area (Å²) in [5.74, 6) is 0.502. The first-order chi connectivity index (χ1) is 18.7. The predicted molar refractivity (Wildman–Crippen MR) is 142 cm³/mol. The van der Waals surface area contributed by atoms with Crippen LogP contribution in [-0.4, -0.2) is 65.9 Å². The number of hydrogen-bond donors (Lipinski definition) is 1. The summed E-state index contributed by atoms with van der Waals surface area (Å²) in [7, 11) is 0. The van der Waals surface area contributed by atoms with Gasteiger partial charge in [0, 0.05) is 18.9 Å². The molecule has 0 spiro atoms. The summed E-state index contributed by atoms with van der Waals surface area (Å²) in [5.41, 5.74) is 1.70. The summed E-state index contributed by atoms with van der Waals surface area (Å²) in [5, 5.41) is 2.88. The smallest absolute Gasteiger partial charge is 0.410 e. The largest absolute Gasteiger partial charge is 0.484 e. The van der Waals surface area contributed by atoms with Crippen LogP contribution in [-0.2, 0) is 38.6 Å². The molecular weight excluding hydrogens is 502 g/mol. The predicted octanol–water partition coefficient (Wildman–Crippen LogP) is 4.04. The Labute approximate surface area is 229 Å². The highest BCUT2D eigenvalue weighted by atomic mass is 16.6. The Kier molecular flexibility index (Phi) is 9.40. The number of aromatic nitrogens is 1. The van der Waals surface area contributed by atoms with Gasteiger partial charge >= 0.3 is 12.2 Å². The van der Waals surface area contributed by atoms with Crippen molar-refractivity contribution in [1.29, 1.82) is 0 Å². The Balaban J connectivity index is 1.48. The lowest BCUT2D eigenvalue weighted by Gasteiger charge is -2.28. The monoisotopic (exact) mass is 539 g/mol. The Hall–Kier alpha value is -3.66. The number of carbonyl (C=O) groups is 3. The molecule has 1 fully saturated rings. The highest BCUT2D eigenvalue weighted by Crippen LogP contribution is 2.24. The minimum Gasteiger partial charge on any atom is -0.484 e. The third-order valence-electron chi connectivity index (χ3n) is 6.42. The lowest BCUT2D eigenvalue weighted by atomic mass is 10.0. The number of ether oxygens (including phenoxy) is 4. The van der Waals surface area contributed by atoms with Crippen LogP contribution in [0.25, 0.3) is 0 Å². The van der Waals surface area contributed by atoms with Gasteiger partial charge in [0.15, 0.2) is 5.78 Å². The number of rotatable bonds is 7. The summed E-state index contributed by atoms with van der Waals surface area (Å²) < 4.78 is 22.4. The van der Waals surface area contributed by atoms with Crippen LogP contribution in [0.5, 0.6) is 5.75 Å². The molecule has 2 aliphatic heterocycles. The fraction of sp³-hybridized carbons (Fsp3) is 0.517. The number of fused-ring (bicyclic) bond motifs is 1. The molecule has 0 unspecified atom stereocenters. The zero-order chi connectivity index (χ0) is 27.8. The first kappa shape index (κ1) is 28.4. The number of nitrogens with one attached hydrogen (secondary N) is 1. The lowest BCUT2D eigenvalue weighted by molar-refractivity contribution is -0.121. The molecule has 10 nitrogen and oxygen atoms in total. The van der Waals surface area contributed by atoms with Crippen molar-refractivity contribution in [3.8, 4) is 5.75 Å². The first-order valence-corrected chi connectivity index (χ1v) is 13.3. The average molecular weight is 540 g/mol. The molecular formula is C29H37N3O7. The fourth-order valence-electron chi connectivity index (χ4n) is 4.51. The summed E-state index contributed by atoms with van der Waals surface area (Å²) in [4.78, 5) is 43.8. The van der Waals surface area contributed by atoms with Gasteiger partial charge in [0.05, 0.1) is 37.2 Å². The molecule has 4 rings (SSSR count). The van der Waals surface area contributed by atoms with Gasteiger partial charge in [0.25, 0.3) is 0 Å². The Morgan fingerprint density at radius 3 is 2.67 bits per heavy atom. The maximum absolute atomic E-state index is 13.3. The summed E-state index contributed by atoms with van der Waals surface area (Å²) in [6.07, 6.45) is 0.759. The van der Waals surface area contributed by atoms with Crippen LogP contribution >= 0.6 is 0 Å². The van der Waals surface area contributed by atoms with Gasteiger partial charge in [-0.2, -0.15) is 0 Å². The molecule has 0 radical (unpaired) electrons. The number of benzene rings is 1. The molecule has 1 aromatic carbocycles. The van der Waals surface area contributed by atoms with Crippen LogP contribution in [0.3, 0.4) is 0 Å². The van der Waals surface area contributed by atoms with E-state index in [0.717, 1.165) is 11.3 Å². The average Bonchev–Trinajstić information content (AvgIpc) is 3.30. The van der Waals surface area contributed by atoms with E-state index >= 15 is 0 Å². The molecule has 1 aromatic heterocycles. The maximum atomic E-state index is 13.3. The van der Waals surface area contributed by atoms with Gasteiger partial charge in [0.2, 0.25) is 0 Å². The van der Waals surface area contributed by atoms with E-state index in [4.69, 9.17) is 23.9 Å². The van der Waals surface area contributed by atoms with Crippen LogP contribution in [0.15, 0.2) is 42.5 Å². The number of alkyl carbamates (subject to hydrolysis) is 1. The van der Waals surface area contributed by atoms with Gasteiger partial charge in [-0.15, -0.1) is 0 Å². The molecule has 0 bridgehead atoms. The molecule has 2 aliphatic rings. The van der Waals surface area contributed by atoms with Crippen LogP contribution in [0, 0.1) is 5.92 Å². The van der Waals surface area contributed by atoms with Crippen molar-refractivity contribution in [3.05, 3.63) is 59.4 Å². The normalized spacial score (nSPS) is 19.2. The van der Waals surface area contributed by atoms with Crippen LogP contribution in [0.1, 0.15) is 50.6 Å². The topological polar surface area (TPSA) is 116 Å². The summed E-state index contributed by atoms with van der Waals surface area (Å²) in [6.45, 7) is 6.78. The van der Waals surface area contributed by atoms with E-state index in [9.17, 15) is 14.4 Å². The SMILES string of the molecule is CC(C)(C)OC(=O)N[C@H]1COC[C@@H]1CN(Cc1ccc2c(n1)CCCC(=O)CO2)C(=O)OCc1ccccc1. The Bertz CT molecular complexity index is 1150. The van der Waals surface area contributed by atoms with E-state index < -0.39 is 17.8 Å². The molecule has 2 atom stereocenters. The number of pyridine rings is 1. The van der Waals surface area contributed by atoms with Crippen LogP contribution < -0.4 is 10.1 Å². The molecule has 10 heteroatoms. The van der Waals surface area contributed by atoms with Crippen LogP contribution in [0.4, 0.5) is 9.59 Å². The number of ketones is 1. The fourth-order valence-corrected chi connectivity index (χ4v) is 4.51. The van der Waals surface area contributed by atoms with Crippen molar-refractivity contribution < 1.29 is 33.3 Å². The Morgan fingerprint density at radius 2 is 1.90 bits per heavy atom. The van der Waals surface area contributed by atoms with E-state index in [1.807, 2.05) is 30.3 Å². The molecule has 1 saturated heterocycles. The number of aryl methyl sites for hydroxylation is 1. The number of Topliss-reactive ketones (excluding diaryl/α,β-unsaturated/α-hetero) is 1. The van der Waals surface area contributed by atoms with Crippen molar-refractivity contribution in [2.45, 2.75) is 64.8 Å². The second-order valence-corrected chi connectivity index (χ2v) is 10.9. The second kappa shape index (κ2) is 12.9. The third kappa shape index (κ3) is 8.68. The van der Waals surface area contributed by atoms with E-state index in [1.54, 1.807) is 37.8 Å². The van der Waals surface area contributed by atoms with E-state index in [-0.39, 0.29) is 44.0 Å². The van der Waals surface area contributed by atoms with E-state index in [1.165, 1.54) is 0 Å². The number of hydrogen-bond acceptors (Lipinski definition) is 8. The Morgan fingerprint density at radius 1 is 1.10 bits per heavy atom. The van der Waals surface area contributed by atoms with Gasteiger partial charge in [0.1, 0.15) is 24.6 Å². The molecule has 39 heavy (non-hydrogen) atoms.